The minimum atomic E-state index is 0. The van der Waals surface area contributed by atoms with Crippen molar-refractivity contribution < 1.29 is 9.53 Å². The van der Waals surface area contributed by atoms with E-state index in [0.29, 0.717) is 11.3 Å². The average molecular weight is 261 g/mol. The molecule has 0 unspecified atom stereocenters. The number of rotatable bonds is 1. The molecule has 3 rings (SSSR count). The third-order valence-electron chi connectivity index (χ3n) is 4.43. The van der Waals surface area contributed by atoms with Gasteiger partial charge in [0.1, 0.15) is 0 Å². The van der Waals surface area contributed by atoms with E-state index in [1.807, 2.05) is 0 Å². The van der Waals surface area contributed by atoms with Gasteiger partial charge in [-0.05, 0) is 24.7 Å². The van der Waals surface area contributed by atoms with Gasteiger partial charge in [-0.3, -0.25) is 4.79 Å². The molecule has 17 heavy (non-hydrogen) atoms. The second-order valence-electron chi connectivity index (χ2n) is 5.48. The lowest BCUT2D eigenvalue weighted by Crippen LogP contribution is -2.52. The van der Waals surface area contributed by atoms with E-state index < -0.39 is 0 Å². The third kappa shape index (κ3) is 2.44. The Kier molecular flexibility index (Phi) is 3.95. The molecule has 3 saturated heterocycles. The zero-order valence-electron chi connectivity index (χ0n) is 10.1. The largest absolute Gasteiger partial charge is 0.381 e. The van der Waals surface area contributed by atoms with E-state index in [0.717, 1.165) is 52.2 Å². The van der Waals surface area contributed by atoms with Crippen molar-refractivity contribution in [3.8, 4) is 0 Å². The molecule has 0 saturated carbocycles. The quantitative estimate of drug-likeness (QED) is 0.753. The molecule has 0 aromatic rings. The van der Waals surface area contributed by atoms with Crippen molar-refractivity contribution >= 4 is 18.3 Å². The molecule has 0 aromatic carbocycles. The first kappa shape index (κ1) is 13.1. The fraction of sp³-hybridized carbons (Fsp3) is 0.917. The summed E-state index contributed by atoms with van der Waals surface area (Å²) >= 11 is 0. The van der Waals surface area contributed by atoms with Crippen LogP contribution in [0.25, 0.3) is 0 Å². The van der Waals surface area contributed by atoms with Gasteiger partial charge in [-0.2, -0.15) is 0 Å². The summed E-state index contributed by atoms with van der Waals surface area (Å²) in [5, 5.41) is 3.17. The topological polar surface area (TPSA) is 41.6 Å². The lowest BCUT2D eigenvalue weighted by Gasteiger charge is -2.34. The third-order valence-corrected chi connectivity index (χ3v) is 4.43. The number of nitrogens with zero attached hydrogens (tertiary/aromatic N) is 1. The molecule has 3 aliphatic heterocycles. The van der Waals surface area contributed by atoms with Crippen LogP contribution in [0.15, 0.2) is 0 Å². The summed E-state index contributed by atoms with van der Waals surface area (Å²) in [6.07, 6.45) is 3.46. The summed E-state index contributed by atoms with van der Waals surface area (Å²) < 4.78 is 5.42. The molecule has 1 N–H and O–H groups in total. The molecule has 1 spiro atoms. The number of hydrogen-bond acceptors (Lipinski definition) is 3. The van der Waals surface area contributed by atoms with Gasteiger partial charge in [0.05, 0.1) is 5.92 Å². The Morgan fingerprint density at radius 1 is 1.24 bits per heavy atom. The molecule has 1 amide bonds. The lowest BCUT2D eigenvalue weighted by atomic mass is 9.80. The van der Waals surface area contributed by atoms with Gasteiger partial charge in [0.25, 0.3) is 0 Å². The number of ether oxygens (including phenoxy) is 1. The van der Waals surface area contributed by atoms with Crippen LogP contribution < -0.4 is 5.32 Å². The Morgan fingerprint density at radius 3 is 2.53 bits per heavy atom. The average Bonchev–Trinajstić information content (AvgIpc) is 2.61. The second-order valence-corrected chi connectivity index (χ2v) is 5.48. The van der Waals surface area contributed by atoms with E-state index in [1.165, 1.54) is 6.42 Å². The summed E-state index contributed by atoms with van der Waals surface area (Å²) in [5.41, 5.74) is 0.394. The van der Waals surface area contributed by atoms with Gasteiger partial charge in [-0.1, -0.05) is 0 Å². The lowest BCUT2D eigenvalue weighted by molar-refractivity contribution is -0.136. The maximum atomic E-state index is 12.1. The van der Waals surface area contributed by atoms with E-state index in [2.05, 4.69) is 10.2 Å². The van der Waals surface area contributed by atoms with Gasteiger partial charge < -0.3 is 15.0 Å². The molecule has 4 nitrogen and oxygen atoms in total. The van der Waals surface area contributed by atoms with E-state index in [1.54, 1.807) is 0 Å². The van der Waals surface area contributed by atoms with Crippen LogP contribution in [0.2, 0.25) is 0 Å². The van der Waals surface area contributed by atoms with Gasteiger partial charge >= 0.3 is 0 Å². The number of nitrogens with one attached hydrogen (secondary N) is 1. The smallest absolute Gasteiger partial charge is 0.228 e. The maximum Gasteiger partial charge on any atom is 0.228 e. The van der Waals surface area contributed by atoms with Crippen LogP contribution in [0, 0.1) is 11.3 Å². The molecule has 98 valence electrons. The van der Waals surface area contributed by atoms with Crippen molar-refractivity contribution in [3.63, 3.8) is 0 Å². The zero-order valence-corrected chi connectivity index (χ0v) is 10.9. The van der Waals surface area contributed by atoms with Crippen LogP contribution in [-0.4, -0.2) is 50.2 Å². The Balaban J connectivity index is 0.00000108. The highest BCUT2D eigenvalue weighted by molar-refractivity contribution is 5.85. The van der Waals surface area contributed by atoms with Crippen molar-refractivity contribution in [2.24, 2.45) is 11.3 Å². The highest BCUT2D eigenvalue weighted by Crippen LogP contribution is 2.40. The van der Waals surface area contributed by atoms with Gasteiger partial charge in [0.15, 0.2) is 0 Å². The van der Waals surface area contributed by atoms with Crippen LogP contribution in [0.1, 0.15) is 19.3 Å². The number of halogens is 1. The van der Waals surface area contributed by atoms with Gasteiger partial charge in [-0.25, -0.2) is 0 Å². The Hall–Kier alpha value is -0.320. The number of likely N-dealkylation sites (tertiary alicyclic amines) is 1. The van der Waals surface area contributed by atoms with E-state index in [-0.39, 0.29) is 18.3 Å². The predicted molar refractivity (Wildman–Crippen MR) is 67.3 cm³/mol. The summed E-state index contributed by atoms with van der Waals surface area (Å²) in [5.74, 6) is 0.636. The SMILES string of the molecule is Cl.O=C(C1CNC1)N1CCC2(CCOCC2)C1. The molecule has 0 radical (unpaired) electrons. The number of carbonyl (C=O) groups is 1. The molecule has 3 fully saturated rings. The van der Waals surface area contributed by atoms with Crippen LogP contribution >= 0.6 is 12.4 Å². The van der Waals surface area contributed by atoms with Gasteiger partial charge in [-0.15, -0.1) is 12.4 Å². The number of amides is 1. The number of hydrogen-bond donors (Lipinski definition) is 1. The molecule has 3 heterocycles. The summed E-state index contributed by atoms with van der Waals surface area (Å²) in [7, 11) is 0. The van der Waals surface area contributed by atoms with Gasteiger partial charge in [0.2, 0.25) is 5.91 Å². The molecule has 0 bridgehead atoms. The fourth-order valence-electron chi connectivity index (χ4n) is 3.06. The van der Waals surface area contributed by atoms with Crippen molar-refractivity contribution in [1.82, 2.24) is 10.2 Å². The standard InChI is InChI=1S/C12H20N2O2.ClH/c15-11(10-7-13-8-10)14-4-1-12(9-14)2-5-16-6-3-12;/h10,13H,1-9H2;1H. The summed E-state index contributed by atoms with van der Waals surface area (Å²) in [6.45, 7) is 5.47. The van der Waals surface area contributed by atoms with E-state index in [9.17, 15) is 4.79 Å². The monoisotopic (exact) mass is 260 g/mol. The predicted octanol–water partition coefficient (Wildman–Crippen LogP) is 0.657. The minimum absolute atomic E-state index is 0. The fourth-order valence-corrected chi connectivity index (χ4v) is 3.06. The first-order chi connectivity index (χ1) is 7.79. The second kappa shape index (κ2) is 5.12. The minimum Gasteiger partial charge on any atom is -0.381 e. The van der Waals surface area contributed by atoms with Crippen molar-refractivity contribution in [2.75, 3.05) is 39.4 Å². The molecular formula is C12H21ClN2O2. The van der Waals surface area contributed by atoms with Crippen molar-refractivity contribution in [3.05, 3.63) is 0 Å². The van der Waals surface area contributed by atoms with Crippen molar-refractivity contribution in [2.45, 2.75) is 19.3 Å². The first-order valence-electron chi connectivity index (χ1n) is 6.36. The Labute approximate surface area is 108 Å². The maximum absolute atomic E-state index is 12.1. The Bertz CT molecular complexity index is 288. The summed E-state index contributed by atoms with van der Waals surface area (Å²) in [4.78, 5) is 14.2. The van der Waals surface area contributed by atoms with E-state index in [4.69, 9.17) is 4.74 Å². The number of carbonyl (C=O) groups excluding carboxylic acids is 1. The normalized spacial score (nSPS) is 27.6. The van der Waals surface area contributed by atoms with Crippen LogP contribution in [-0.2, 0) is 9.53 Å². The Morgan fingerprint density at radius 2 is 1.94 bits per heavy atom. The molecule has 3 aliphatic rings. The van der Waals surface area contributed by atoms with Crippen LogP contribution in [0.5, 0.6) is 0 Å². The van der Waals surface area contributed by atoms with Crippen LogP contribution in [0.3, 0.4) is 0 Å². The van der Waals surface area contributed by atoms with E-state index >= 15 is 0 Å². The van der Waals surface area contributed by atoms with Crippen molar-refractivity contribution in [1.29, 1.82) is 0 Å². The highest BCUT2D eigenvalue weighted by atomic mass is 35.5. The van der Waals surface area contributed by atoms with Gasteiger partial charge in [0, 0.05) is 39.4 Å². The molecule has 0 aliphatic carbocycles. The molecule has 0 aromatic heterocycles. The highest BCUT2D eigenvalue weighted by Gasteiger charge is 2.42. The first-order valence-corrected chi connectivity index (χ1v) is 6.36. The summed E-state index contributed by atoms with van der Waals surface area (Å²) in [6, 6.07) is 0. The molecule has 0 atom stereocenters. The van der Waals surface area contributed by atoms with Crippen LogP contribution in [0.4, 0.5) is 0 Å². The molecular weight excluding hydrogens is 240 g/mol. The zero-order chi connectivity index (χ0) is 11.0. The molecule has 5 heteroatoms.